The third kappa shape index (κ3) is 10.1. The van der Waals surface area contributed by atoms with Gasteiger partial charge in [0.2, 0.25) is 0 Å². The van der Waals surface area contributed by atoms with E-state index < -0.39 is 0 Å². The largest absolute Gasteiger partial charge is 0.378 e. The van der Waals surface area contributed by atoms with Gasteiger partial charge in [0, 0.05) is 26.7 Å². The van der Waals surface area contributed by atoms with Crippen molar-refractivity contribution in [2.45, 2.75) is 77.6 Å². The fourth-order valence-corrected chi connectivity index (χ4v) is 2.56. The van der Waals surface area contributed by atoms with Gasteiger partial charge in [-0.3, -0.25) is 0 Å². The van der Waals surface area contributed by atoms with Gasteiger partial charge >= 0.3 is 0 Å². The predicted octanol–water partition coefficient (Wildman–Crippen LogP) is 5.47. The molecule has 0 N–H and O–H groups in total. The van der Waals surface area contributed by atoms with Crippen molar-refractivity contribution >= 4 is 0 Å². The van der Waals surface area contributed by atoms with Crippen LogP contribution in [0.3, 0.4) is 0 Å². The highest BCUT2D eigenvalue weighted by Gasteiger charge is 2.23. The molecule has 0 spiro atoms. The Balaban J connectivity index is 5.08. The summed E-state index contributed by atoms with van der Waals surface area (Å²) >= 11 is 0. The highest BCUT2D eigenvalue weighted by atomic mass is 16.5. The van der Waals surface area contributed by atoms with E-state index in [9.17, 15) is 0 Å². The van der Waals surface area contributed by atoms with E-state index in [2.05, 4.69) is 40.0 Å². The molecular formula is C21H38O3. The lowest BCUT2D eigenvalue weighted by atomic mass is 9.91. The van der Waals surface area contributed by atoms with Crippen molar-refractivity contribution in [3.8, 4) is 0 Å². The predicted molar refractivity (Wildman–Crippen MR) is 103 cm³/mol. The molecule has 0 aliphatic rings. The van der Waals surface area contributed by atoms with Crippen molar-refractivity contribution in [3.63, 3.8) is 0 Å². The molecule has 3 atom stereocenters. The molecule has 3 unspecified atom stereocenters. The van der Waals surface area contributed by atoms with Gasteiger partial charge in [-0.15, -0.1) is 13.2 Å². The van der Waals surface area contributed by atoms with E-state index in [4.69, 9.17) is 14.2 Å². The van der Waals surface area contributed by atoms with E-state index >= 15 is 0 Å². The normalized spacial score (nSPS) is 17.1. The first-order valence-electron chi connectivity index (χ1n) is 9.15. The molecule has 0 aliphatic heterocycles. The molecule has 0 radical (unpaired) electrons. The fraction of sp³-hybridized carbons (Fsp3) is 0.714. The Bertz CT molecular complexity index is 375. The lowest BCUT2D eigenvalue weighted by Gasteiger charge is -2.27. The second kappa shape index (κ2) is 13.4. The summed E-state index contributed by atoms with van der Waals surface area (Å²) in [4.78, 5) is 0. The number of methoxy groups -OCH3 is 1. The Kier molecular flexibility index (Phi) is 12.9. The lowest BCUT2D eigenvalue weighted by Crippen LogP contribution is -2.26. The number of ether oxygens (including phenoxy) is 3. The van der Waals surface area contributed by atoms with Crippen LogP contribution < -0.4 is 0 Å². The second-order valence-electron chi connectivity index (χ2n) is 6.48. The molecule has 0 aromatic heterocycles. The summed E-state index contributed by atoms with van der Waals surface area (Å²) in [5.41, 5.74) is 0.971. The SMILES string of the molecule is C=CCC(CC(=CCC(C)OCC)CC(C)(C=C)OC)OCCC. The molecule has 24 heavy (non-hydrogen) atoms. The molecule has 3 heteroatoms. The van der Waals surface area contributed by atoms with Gasteiger partial charge in [-0.05, 0) is 46.5 Å². The van der Waals surface area contributed by atoms with Crippen LogP contribution >= 0.6 is 0 Å². The first kappa shape index (κ1) is 23.1. The quantitative estimate of drug-likeness (QED) is 0.371. The summed E-state index contributed by atoms with van der Waals surface area (Å²) in [5.74, 6) is 0. The Labute approximate surface area is 149 Å². The molecular weight excluding hydrogens is 300 g/mol. The maximum Gasteiger partial charge on any atom is 0.0864 e. The average molecular weight is 339 g/mol. The first-order chi connectivity index (χ1) is 11.4. The third-order valence-electron chi connectivity index (χ3n) is 4.14. The van der Waals surface area contributed by atoms with E-state index in [1.54, 1.807) is 7.11 Å². The Hall–Kier alpha value is -0.900. The molecule has 0 saturated heterocycles. The van der Waals surface area contributed by atoms with Crippen LogP contribution in [0, 0.1) is 0 Å². The Morgan fingerprint density at radius 1 is 1.17 bits per heavy atom. The molecule has 0 aliphatic carbocycles. The van der Waals surface area contributed by atoms with Gasteiger partial charge in [-0.25, -0.2) is 0 Å². The zero-order valence-electron chi connectivity index (χ0n) is 16.5. The summed E-state index contributed by atoms with van der Waals surface area (Å²) in [6.45, 7) is 17.6. The van der Waals surface area contributed by atoms with Gasteiger partial charge in [-0.2, -0.15) is 0 Å². The minimum atomic E-state index is -0.357. The van der Waals surface area contributed by atoms with Crippen LogP contribution in [0.15, 0.2) is 37.0 Å². The van der Waals surface area contributed by atoms with Crippen molar-refractivity contribution in [2.24, 2.45) is 0 Å². The maximum absolute atomic E-state index is 5.99. The van der Waals surface area contributed by atoms with E-state index in [1.165, 1.54) is 5.57 Å². The fourth-order valence-electron chi connectivity index (χ4n) is 2.56. The topological polar surface area (TPSA) is 27.7 Å². The summed E-state index contributed by atoms with van der Waals surface area (Å²) < 4.78 is 17.3. The van der Waals surface area contributed by atoms with Crippen molar-refractivity contribution in [2.75, 3.05) is 20.3 Å². The van der Waals surface area contributed by atoms with Crippen molar-refractivity contribution in [1.29, 1.82) is 0 Å². The van der Waals surface area contributed by atoms with E-state index in [0.29, 0.717) is 0 Å². The molecule has 140 valence electrons. The lowest BCUT2D eigenvalue weighted by molar-refractivity contribution is 0.0376. The van der Waals surface area contributed by atoms with Crippen LogP contribution in [-0.4, -0.2) is 38.1 Å². The standard InChI is InChI=1S/C21H38O3/c1-8-12-20(24-15-9-2)16-19(14-13-18(5)23-11-4)17-21(6,10-3)22-7/h8,10,14,18,20H,1,3,9,11-13,15-17H2,2,4-7H3. The minimum absolute atomic E-state index is 0.169. The third-order valence-corrected chi connectivity index (χ3v) is 4.14. The molecule has 0 aromatic carbocycles. The first-order valence-corrected chi connectivity index (χ1v) is 9.15. The molecule has 0 rings (SSSR count). The molecule has 0 amide bonds. The highest BCUT2D eigenvalue weighted by molar-refractivity contribution is 5.12. The van der Waals surface area contributed by atoms with Gasteiger partial charge in [0.25, 0.3) is 0 Å². The average Bonchev–Trinajstić information content (AvgIpc) is 2.57. The number of hydrogen-bond donors (Lipinski definition) is 0. The maximum atomic E-state index is 5.99. The van der Waals surface area contributed by atoms with Crippen LogP contribution in [0.1, 0.15) is 59.8 Å². The van der Waals surface area contributed by atoms with Gasteiger partial charge in [0.15, 0.2) is 0 Å². The van der Waals surface area contributed by atoms with Crippen molar-refractivity contribution < 1.29 is 14.2 Å². The van der Waals surface area contributed by atoms with E-state index in [1.807, 2.05) is 19.1 Å². The van der Waals surface area contributed by atoms with Crippen molar-refractivity contribution in [3.05, 3.63) is 37.0 Å². The van der Waals surface area contributed by atoms with Crippen LogP contribution in [-0.2, 0) is 14.2 Å². The summed E-state index contributed by atoms with van der Waals surface area (Å²) in [5, 5.41) is 0. The van der Waals surface area contributed by atoms with Gasteiger partial charge in [0.1, 0.15) is 0 Å². The molecule has 0 saturated carbocycles. The van der Waals surface area contributed by atoms with Crippen LogP contribution in [0.2, 0.25) is 0 Å². The Morgan fingerprint density at radius 3 is 2.38 bits per heavy atom. The van der Waals surface area contributed by atoms with Crippen LogP contribution in [0.25, 0.3) is 0 Å². The van der Waals surface area contributed by atoms with Gasteiger partial charge < -0.3 is 14.2 Å². The molecule has 0 fully saturated rings. The van der Waals surface area contributed by atoms with Crippen molar-refractivity contribution in [1.82, 2.24) is 0 Å². The van der Waals surface area contributed by atoms with E-state index in [0.717, 1.165) is 45.3 Å². The molecule has 0 aromatic rings. The minimum Gasteiger partial charge on any atom is -0.378 e. The summed E-state index contributed by atoms with van der Waals surface area (Å²) in [7, 11) is 1.73. The van der Waals surface area contributed by atoms with Gasteiger partial charge in [0.05, 0.1) is 17.8 Å². The summed E-state index contributed by atoms with van der Waals surface area (Å²) in [6.07, 6.45) is 11.0. The number of rotatable bonds is 15. The molecule has 0 bridgehead atoms. The number of hydrogen-bond acceptors (Lipinski definition) is 3. The monoisotopic (exact) mass is 338 g/mol. The Morgan fingerprint density at radius 2 is 1.88 bits per heavy atom. The van der Waals surface area contributed by atoms with E-state index in [-0.39, 0.29) is 17.8 Å². The molecule has 0 heterocycles. The smallest absolute Gasteiger partial charge is 0.0864 e. The van der Waals surface area contributed by atoms with Crippen LogP contribution in [0.5, 0.6) is 0 Å². The zero-order chi connectivity index (χ0) is 18.4. The summed E-state index contributed by atoms with van der Waals surface area (Å²) in [6, 6.07) is 0. The zero-order valence-corrected chi connectivity index (χ0v) is 16.5. The highest BCUT2D eigenvalue weighted by Crippen LogP contribution is 2.26. The van der Waals surface area contributed by atoms with Gasteiger partial charge in [-0.1, -0.05) is 30.7 Å². The van der Waals surface area contributed by atoms with Crippen LogP contribution in [0.4, 0.5) is 0 Å². The second-order valence-corrected chi connectivity index (χ2v) is 6.48. The molecule has 3 nitrogen and oxygen atoms in total.